The molecule has 24 heavy (non-hydrogen) atoms. The molecule has 0 spiro atoms. The normalized spacial score (nSPS) is 9.50. The first-order valence-corrected chi connectivity index (χ1v) is 7.62. The molecule has 0 saturated heterocycles. The van der Waals surface area contributed by atoms with E-state index < -0.39 is 0 Å². The minimum atomic E-state index is 0.841. The van der Waals surface area contributed by atoms with E-state index >= 15 is 0 Å². The maximum absolute atomic E-state index is 5.42. The lowest BCUT2D eigenvalue weighted by molar-refractivity contribution is 0.415. The van der Waals surface area contributed by atoms with E-state index in [1.807, 2.05) is 60.7 Å². The summed E-state index contributed by atoms with van der Waals surface area (Å²) in [6.07, 6.45) is 5.42. The largest absolute Gasteiger partial charge is 0.497 e. The van der Waals surface area contributed by atoms with E-state index in [1.165, 1.54) is 0 Å². The van der Waals surface area contributed by atoms with E-state index in [9.17, 15) is 0 Å². The van der Waals surface area contributed by atoms with Gasteiger partial charge in [0.15, 0.2) is 0 Å². The van der Waals surface area contributed by atoms with Gasteiger partial charge in [0.05, 0.1) is 7.11 Å². The minimum absolute atomic E-state index is 0.841. The van der Waals surface area contributed by atoms with Gasteiger partial charge in [0.25, 0.3) is 0 Å². The highest BCUT2D eigenvalue weighted by Gasteiger charge is 1.99. The van der Waals surface area contributed by atoms with Crippen molar-refractivity contribution in [1.82, 2.24) is 0 Å². The first kappa shape index (κ1) is 15.5. The lowest BCUT2D eigenvalue weighted by atomic mass is 10.0. The summed E-state index contributed by atoms with van der Waals surface area (Å²) >= 11 is 0. The van der Waals surface area contributed by atoms with Crippen molar-refractivity contribution >= 4 is 0 Å². The van der Waals surface area contributed by atoms with Crippen LogP contribution in [0.25, 0.3) is 11.1 Å². The topological polar surface area (TPSA) is 9.23 Å². The predicted octanol–water partition coefficient (Wildman–Crippen LogP) is 4.74. The molecular formula is C23H16O. The quantitative estimate of drug-likeness (QED) is 0.621. The van der Waals surface area contributed by atoms with Crippen molar-refractivity contribution in [2.24, 2.45) is 0 Å². The molecule has 3 rings (SSSR count). The molecule has 0 aliphatic heterocycles. The molecule has 0 aliphatic rings. The van der Waals surface area contributed by atoms with E-state index in [0.717, 1.165) is 33.6 Å². The second kappa shape index (κ2) is 7.23. The zero-order valence-corrected chi connectivity index (χ0v) is 13.4. The Bertz CT molecular complexity index is 948. The average molecular weight is 308 g/mol. The van der Waals surface area contributed by atoms with Gasteiger partial charge in [-0.15, -0.1) is 6.42 Å². The van der Waals surface area contributed by atoms with Crippen molar-refractivity contribution in [3.8, 4) is 41.1 Å². The molecule has 0 N–H and O–H groups in total. The molecular weight excluding hydrogens is 292 g/mol. The number of hydrogen-bond donors (Lipinski definition) is 0. The lowest BCUT2D eigenvalue weighted by Gasteiger charge is -2.04. The summed E-state index contributed by atoms with van der Waals surface area (Å²) in [5, 5.41) is 0. The maximum Gasteiger partial charge on any atom is 0.118 e. The van der Waals surface area contributed by atoms with Crippen LogP contribution in [-0.2, 0) is 0 Å². The Morgan fingerprint density at radius 3 is 2.00 bits per heavy atom. The fourth-order valence-electron chi connectivity index (χ4n) is 2.39. The van der Waals surface area contributed by atoms with Gasteiger partial charge in [-0.1, -0.05) is 48.1 Å². The van der Waals surface area contributed by atoms with Crippen LogP contribution >= 0.6 is 0 Å². The molecule has 114 valence electrons. The molecule has 0 radical (unpaired) electrons. The third kappa shape index (κ3) is 3.67. The zero-order valence-electron chi connectivity index (χ0n) is 13.4. The SMILES string of the molecule is C#Cc1cccc(C#Cc2cccc(-c3ccc(OC)cc3)c2)c1. The van der Waals surface area contributed by atoms with Crippen LogP contribution in [0.15, 0.2) is 72.8 Å². The number of benzene rings is 3. The number of hydrogen-bond acceptors (Lipinski definition) is 1. The summed E-state index contributed by atoms with van der Waals surface area (Å²) in [6, 6.07) is 23.9. The molecule has 3 aromatic carbocycles. The highest BCUT2D eigenvalue weighted by atomic mass is 16.5. The first-order valence-electron chi connectivity index (χ1n) is 7.62. The lowest BCUT2D eigenvalue weighted by Crippen LogP contribution is -1.84. The van der Waals surface area contributed by atoms with E-state index in [0.29, 0.717) is 0 Å². The van der Waals surface area contributed by atoms with Crippen LogP contribution in [0, 0.1) is 24.2 Å². The van der Waals surface area contributed by atoms with Crippen molar-refractivity contribution in [2.45, 2.75) is 0 Å². The first-order chi connectivity index (χ1) is 11.8. The van der Waals surface area contributed by atoms with Gasteiger partial charge in [0, 0.05) is 16.7 Å². The Kier molecular flexibility index (Phi) is 4.66. The molecule has 0 unspecified atom stereocenters. The summed E-state index contributed by atoms with van der Waals surface area (Å²) in [5.74, 6) is 9.85. The van der Waals surface area contributed by atoms with Crippen LogP contribution < -0.4 is 4.74 Å². The molecule has 0 heterocycles. The molecule has 0 fully saturated rings. The Hall–Kier alpha value is -3.42. The molecule has 0 bridgehead atoms. The second-order valence-corrected chi connectivity index (χ2v) is 5.28. The van der Waals surface area contributed by atoms with Gasteiger partial charge in [0.2, 0.25) is 0 Å². The molecule has 0 aliphatic carbocycles. The van der Waals surface area contributed by atoms with Crippen LogP contribution in [0.5, 0.6) is 5.75 Å². The Labute approximate surface area is 142 Å². The Morgan fingerprint density at radius 2 is 1.33 bits per heavy atom. The third-order valence-electron chi connectivity index (χ3n) is 3.67. The van der Waals surface area contributed by atoms with Crippen LogP contribution in [-0.4, -0.2) is 7.11 Å². The molecule has 1 nitrogen and oxygen atoms in total. The number of terminal acetylenes is 1. The van der Waals surface area contributed by atoms with E-state index in [2.05, 4.69) is 29.9 Å². The predicted molar refractivity (Wildman–Crippen MR) is 98.8 cm³/mol. The number of methoxy groups -OCH3 is 1. The van der Waals surface area contributed by atoms with Crippen molar-refractivity contribution in [3.05, 3.63) is 89.5 Å². The molecule has 0 atom stereocenters. The van der Waals surface area contributed by atoms with Crippen LogP contribution in [0.1, 0.15) is 16.7 Å². The highest BCUT2D eigenvalue weighted by molar-refractivity contribution is 5.66. The Morgan fingerprint density at radius 1 is 0.708 bits per heavy atom. The van der Waals surface area contributed by atoms with Crippen LogP contribution in [0.3, 0.4) is 0 Å². The van der Waals surface area contributed by atoms with Gasteiger partial charge in [-0.05, 0) is 53.6 Å². The summed E-state index contributed by atoms with van der Waals surface area (Å²) in [4.78, 5) is 0. The van der Waals surface area contributed by atoms with Gasteiger partial charge in [-0.3, -0.25) is 0 Å². The summed E-state index contributed by atoms with van der Waals surface area (Å²) < 4.78 is 5.20. The standard InChI is InChI=1S/C23H16O/c1-3-18-6-4-7-19(16-18)10-11-20-8-5-9-22(17-20)21-12-14-23(24-2)15-13-21/h1,4-9,12-17H,2H3. The number of ether oxygens (including phenoxy) is 1. The maximum atomic E-state index is 5.42. The van der Waals surface area contributed by atoms with E-state index in [-0.39, 0.29) is 0 Å². The molecule has 0 saturated carbocycles. The summed E-state index contributed by atoms with van der Waals surface area (Å²) in [6.45, 7) is 0. The fraction of sp³-hybridized carbons (Fsp3) is 0.0435. The van der Waals surface area contributed by atoms with Crippen molar-refractivity contribution < 1.29 is 4.74 Å². The second-order valence-electron chi connectivity index (χ2n) is 5.28. The smallest absolute Gasteiger partial charge is 0.118 e. The molecule has 0 aromatic heterocycles. The monoisotopic (exact) mass is 308 g/mol. The summed E-state index contributed by atoms with van der Waals surface area (Å²) in [5.41, 5.74) is 4.99. The van der Waals surface area contributed by atoms with Crippen LogP contribution in [0.2, 0.25) is 0 Å². The van der Waals surface area contributed by atoms with E-state index in [4.69, 9.17) is 11.2 Å². The highest BCUT2D eigenvalue weighted by Crippen LogP contribution is 2.23. The van der Waals surface area contributed by atoms with E-state index in [1.54, 1.807) is 7.11 Å². The number of rotatable bonds is 2. The van der Waals surface area contributed by atoms with Crippen LogP contribution in [0.4, 0.5) is 0 Å². The van der Waals surface area contributed by atoms with Gasteiger partial charge in [-0.25, -0.2) is 0 Å². The molecule has 3 aromatic rings. The molecule has 1 heteroatoms. The van der Waals surface area contributed by atoms with Crippen molar-refractivity contribution in [2.75, 3.05) is 7.11 Å². The fourth-order valence-corrected chi connectivity index (χ4v) is 2.39. The van der Waals surface area contributed by atoms with Crippen molar-refractivity contribution in [3.63, 3.8) is 0 Å². The van der Waals surface area contributed by atoms with Gasteiger partial charge in [-0.2, -0.15) is 0 Å². The minimum Gasteiger partial charge on any atom is -0.497 e. The third-order valence-corrected chi connectivity index (χ3v) is 3.67. The average Bonchev–Trinajstić information content (AvgIpc) is 2.67. The van der Waals surface area contributed by atoms with Gasteiger partial charge in [0.1, 0.15) is 5.75 Å². The van der Waals surface area contributed by atoms with Gasteiger partial charge >= 0.3 is 0 Å². The zero-order chi connectivity index (χ0) is 16.8. The Balaban J connectivity index is 1.88. The van der Waals surface area contributed by atoms with Crippen molar-refractivity contribution in [1.29, 1.82) is 0 Å². The molecule has 0 amide bonds. The summed E-state index contributed by atoms with van der Waals surface area (Å²) in [7, 11) is 1.67. The van der Waals surface area contributed by atoms with Gasteiger partial charge < -0.3 is 4.74 Å².